The van der Waals surface area contributed by atoms with Crippen molar-refractivity contribution in [1.82, 2.24) is 0 Å². The van der Waals surface area contributed by atoms with Crippen LogP contribution in [0.4, 0.5) is 0 Å². The molecular formula is C5H6IOS-. The average Bonchev–Trinajstić information content (AvgIpc) is 2.12. The van der Waals surface area contributed by atoms with E-state index in [2.05, 4.69) is 4.08 Å². The Morgan fingerprint density at radius 2 is 2.62 bits per heavy atom. The fourth-order valence-electron chi connectivity index (χ4n) is 0.409. The quantitative estimate of drug-likeness (QED) is 0.504. The van der Waals surface area contributed by atoms with Gasteiger partial charge in [0.15, 0.2) is 0 Å². The zero-order valence-corrected chi connectivity index (χ0v) is 7.40. The molecule has 1 nitrogen and oxygen atoms in total. The molecule has 0 spiro atoms. The van der Waals surface area contributed by atoms with Gasteiger partial charge in [-0.25, -0.2) is 0 Å². The summed E-state index contributed by atoms with van der Waals surface area (Å²) in [6, 6.07) is 0. The van der Waals surface area contributed by atoms with Crippen molar-refractivity contribution in [3.05, 3.63) is 10.2 Å². The van der Waals surface area contributed by atoms with Crippen molar-refractivity contribution in [2.45, 2.75) is 12.2 Å². The number of carbonyl (C=O) groups excluding carboxylic acids is 1. The van der Waals surface area contributed by atoms with E-state index in [1.54, 1.807) is 15.9 Å². The minimum atomic E-state index is 0.184. The molecule has 1 heterocycles. The summed E-state index contributed by atoms with van der Waals surface area (Å²) < 4.78 is 2.15. The van der Waals surface area contributed by atoms with E-state index in [9.17, 15) is 4.79 Å². The first kappa shape index (κ1) is 6.61. The molecule has 1 aliphatic heterocycles. The second-order valence-corrected chi connectivity index (χ2v) is 6.16. The van der Waals surface area contributed by atoms with E-state index in [0.29, 0.717) is 5.78 Å². The molecular weight excluding hydrogens is 235 g/mol. The Morgan fingerprint density at radius 1 is 1.88 bits per heavy atom. The van der Waals surface area contributed by atoms with E-state index < -0.39 is 0 Å². The van der Waals surface area contributed by atoms with Gasteiger partial charge in [0.25, 0.3) is 0 Å². The monoisotopic (exact) mass is 241 g/mol. The molecule has 0 amide bonds. The average molecular weight is 241 g/mol. The maximum atomic E-state index is 10.6. The van der Waals surface area contributed by atoms with Gasteiger partial charge in [-0.2, -0.15) is 0 Å². The zero-order valence-electron chi connectivity index (χ0n) is 4.43. The number of rotatable bonds is 1. The van der Waals surface area contributed by atoms with Gasteiger partial charge < -0.3 is 0 Å². The van der Waals surface area contributed by atoms with Crippen LogP contribution in [0.25, 0.3) is 0 Å². The molecule has 1 unspecified atom stereocenters. The van der Waals surface area contributed by atoms with Crippen molar-refractivity contribution in [2.75, 3.05) is 0 Å². The molecule has 0 N–H and O–H groups in total. The molecule has 0 aliphatic carbocycles. The Bertz CT molecular complexity index is 132. The molecule has 0 bridgehead atoms. The third-order valence-electron chi connectivity index (χ3n) is 0.847. The van der Waals surface area contributed by atoms with Gasteiger partial charge in [0.05, 0.1) is 0 Å². The maximum absolute atomic E-state index is 10.6. The summed E-state index contributed by atoms with van der Waals surface area (Å²) in [6.07, 6.45) is 2.01. The Hall–Kier alpha value is 0.490. The molecule has 0 fully saturated rings. The first-order valence-electron chi connectivity index (χ1n) is 2.27. The van der Waals surface area contributed by atoms with Crippen LogP contribution in [0.3, 0.4) is 0 Å². The summed E-state index contributed by atoms with van der Waals surface area (Å²) >= 11 is 0.184. The first-order valence-corrected chi connectivity index (χ1v) is 6.94. The van der Waals surface area contributed by atoms with Crippen molar-refractivity contribution in [3.63, 3.8) is 0 Å². The van der Waals surface area contributed by atoms with E-state index in [1.165, 1.54) is 0 Å². The molecule has 0 radical (unpaired) electrons. The fourth-order valence-corrected chi connectivity index (χ4v) is 5.15. The first-order chi connectivity index (χ1) is 3.80. The van der Waals surface area contributed by atoms with Crippen molar-refractivity contribution < 1.29 is 24.6 Å². The zero-order chi connectivity index (χ0) is 5.98. The molecule has 1 rings (SSSR count). The molecule has 0 aromatic rings. The van der Waals surface area contributed by atoms with Gasteiger partial charge in [-0.3, -0.25) is 0 Å². The van der Waals surface area contributed by atoms with Crippen LogP contribution in [0.5, 0.6) is 0 Å². The normalized spacial score (nSPS) is 27.4. The summed E-state index contributed by atoms with van der Waals surface area (Å²) in [5, 5.41) is 0.211. The van der Waals surface area contributed by atoms with Crippen LogP contribution in [0, 0.1) is 0 Å². The van der Waals surface area contributed by atoms with Crippen molar-refractivity contribution in [3.8, 4) is 0 Å². The third-order valence-corrected chi connectivity index (χ3v) is 5.55. The van der Waals surface area contributed by atoms with Crippen LogP contribution in [0.1, 0.15) is 6.92 Å². The molecule has 46 valence electrons. The number of ketones is 1. The molecule has 3 heteroatoms. The van der Waals surface area contributed by atoms with Crippen LogP contribution in [0.15, 0.2) is 10.2 Å². The molecule has 1 aliphatic rings. The SMILES string of the molecule is CC(=O)C1C=C[I-]S1. The van der Waals surface area contributed by atoms with Gasteiger partial charge >= 0.3 is 61.7 Å². The molecule has 0 saturated carbocycles. The molecule has 0 aromatic heterocycles. The molecule has 0 saturated heterocycles. The van der Waals surface area contributed by atoms with Gasteiger partial charge in [0, 0.05) is 0 Å². The van der Waals surface area contributed by atoms with Crippen LogP contribution >= 0.6 is 8.93 Å². The summed E-state index contributed by atoms with van der Waals surface area (Å²) in [4.78, 5) is 10.6. The summed E-state index contributed by atoms with van der Waals surface area (Å²) in [6.45, 7) is 1.65. The van der Waals surface area contributed by atoms with Crippen LogP contribution in [0.2, 0.25) is 0 Å². The van der Waals surface area contributed by atoms with Crippen LogP contribution in [-0.2, 0) is 4.79 Å². The molecule has 1 atom stereocenters. The second kappa shape index (κ2) is 2.87. The number of Topliss-reactive ketones (excluding diaryl/α,β-unsaturated/α-hetero) is 1. The number of hydrogen-bond acceptors (Lipinski definition) is 2. The Kier molecular flexibility index (Phi) is 2.37. The van der Waals surface area contributed by atoms with Crippen molar-refractivity contribution in [1.29, 1.82) is 0 Å². The second-order valence-electron chi connectivity index (χ2n) is 1.53. The predicted octanol–water partition coefficient (Wildman–Crippen LogP) is -1.79. The van der Waals surface area contributed by atoms with Gasteiger partial charge in [0.2, 0.25) is 0 Å². The third kappa shape index (κ3) is 1.48. The van der Waals surface area contributed by atoms with Gasteiger partial charge in [-0.05, 0) is 0 Å². The number of halogens is 1. The Labute approximate surface area is 61.6 Å². The minimum absolute atomic E-state index is 0.184. The van der Waals surface area contributed by atoms with E-state index in [4.69, 9.17) is 0 Å². The number of hydrogen-bond donors (Lipinski definition) is 0. The Balaban J connectivity index is 2.48. The summed E-state index contributed by atoms with van der Waals surface area (Å²) in [7, 11) is 1.80. The predicted molar refractivity (Wildman–Crippen MR) is 31.2 cm³/mol. The van der Waals surface area contributed by atoms with Crippen molar-refractivity contribution >= 4 is 14.7 Å². The van der Waals surface area contributed by atoms with E-state index >= 15 is 0 Å². The van der Waals surface area contributed by atoms with E-state index in [0.717, 1.165) is 0 Å². The van der Waals surface area contributed by atoms with Crippen molar-refractivity contribution in [2.24, 2.45) is 0 Å². The van der Waals surface area contributed by atoms with Gasteiger partial charge in [0.1, 0.15) is 0 Å². The topological polar surface area (TPSA) is 17.1 Å². The van der Waals surface area contributed by atoms with Gasteiger partial charge in [-0.1, -0.05) is 0 Å². The molecule has 8 heavy (non-hydrogen) atoms. The van der Waals surface area contributed by atoms with Gasteiger partial charge in [-0.15, -0.1) is 0 Å². The van der Waals surface area contributed by atoms with Crippen LogP contribution < -0.4 is 19.8 Å². The molecule has 0 aromatic carbocycles. The van der Waals surface area contributed by atoms with Crippen LogP contribution in [-0.4, -0.2) is 11.0 Å². The standard InChI is InChI=1S/C5H6IOS/c1-4(7)5-2-3-6-8-5/h2-3,5H,1H3/q-1. The fraction of sp³-hybridized carbons (Fsp3) is 0.400. The van der Waals surface area contributed by atoms with E-state index in [-0.39, 0.29) is 25.1 Å². The summed E-state index contributed by atoms with van der Waals surface area (Å²) in [5.41, 5.74) is 0. The number of carbonyl (C=O) groups is 1. The summed E-state index contributed by atoms with van der Waals surface area (Å²) in [5.74, 6) is 0.295. The Morgan fingerprint density at radius 3 is 2.88 bits per heavy atom. The van der Waals surface area contributed by atoms with E-state index in [1.807, 2.05) is 6.08 Å².